The summed E-state index contributed by atoms with van der Waals surface area (Å²) in [6, 6.07) is 8.63. The molecule has 23 heavy (non-hydrogen) atoms. The van der Waals surface area contributed by atoms with Crippen molar-refractivity contribution in [1.82, 2.24) is 9.97 Å². The average molecular weight is 348 g/mol. The summed E-state index contributed by atoms with van der Waals surface area (Å²) in [5.41, 5.74) is 1.64. The van der Waals surface area contributed by atoms with Crippen molar-refractivity contribution in [2.24, 2.45) is 0 Å². The number of hydrogen-bond donors (Lipinski definition) is 1. The van der Waals surface area contributed by atoms with Gasteiger partial charge in [-0.3, -0.25) is 4.79 Å². The number of aromatic nitrogens is 2. The van der Waals surface area contributed by atoms with Gasteiger partial charge in [0.1, 0.15) is 12.1 Å². The van der Waals surface area contributed by atoms with Gasteiger partial charge in [-0.25, -0.2) is 9.97 Å². The molecule has 2 heterocycles. The number of benzene rings is 1. The molecule has 0 saturated heterocycles. The summed E-state index contributed by atoms with van der Waals surface area (Å²) in [4.78, 5) is 20.5. The summed E-state index contributed by atoms with van der Waals surface area (Å²) in [7, 11) is 0. The molecule has 0 bridgehead atoms. The summed E-state index contributed by atoms with van der Waals surface area (Å²) >= 11 is 11.8. The quantitative estimate of drug-likeness (QED) is 0.751. The lowest BCUT2D eigenvalue weighted by molar-refractivity contribution is 0.102. The van der Waals surface area contributed by atoms with Crippen LogP contribution in [0.15, 0.2) is 47.2 Å². The third-order valence-corrected chi connectivity index (χ3v) is 3.88. The molecule has 0 aliphatic rings. The minimum atomic E-state index is -0.401. The van der Waals surface area contributed by atoms with Crippen LogP contribution in [0.3, 0.4) is 0 Å². The molecule has 3 rings (SSSR count). The zero-order chi connectivity index (χ0) is 16.4. The van der Waals surface area contributed by atoms with E-state index in [1.807, 2.05) is 13.0 Å². The van der Waals surface area contributed by atoms with Gasteiger partial charge in [-0.1, -0.05) is 29.3 Å². The highest BCUT2D eigenvalue weighted by atomic mass is 35.5. The van der Waals surface area contributed by atoms with E-state index >= 15 is 0 Å². The summed E-state index contributed by atoms with van der Waals surface area (Å²) in [5, 5.41) is 3.51. The standard InChI is InChI=1S/C16H11Cl2N3O2/c1-9-3-2-6-19-14(9)21-15(22)13-8-23-16(20-13)10-4-5-11(17)12(18)7-10/h2-8H,1H3,(H,19,21,22). The normalized spacial score (nSPS) is 10.6. The van der Waals surface area contributed by atoms with Gasteiger partial charge in [0.2, 0.25) is 5.89 Å². The number of aryl methyl sites for hydroxylation is 1. The van der Waals surface area contributed by atoms with Crippen LogP contribution in [-0.2, 0) is 0 Å². The van der Waals surface area contributed by atoms with Gasteiger partial charge < -0.3 is 9.73 Å². The molecule has 7 heteroatoms. The van der Waals surface area contributed by atoms with Crippen molar-refractivity contribution < 1.29 is 9.21 Å². The molecule has 0 aliphatic carbocycles. The van der Waals surface area contributed by atoms with Gasteiger partial charge in [-0.2, -0.15) is 0 Å². The Balaban J connectivity index is 1.82. The molecule has 5 nitrogen and oxygen atoms in total. The van der Waals surface area contributed by atoms with Crippen molar-refractivity contribution in [2.75, 3.05) is 5.32 Å². The van der Waals surface area contributed by atoms with Crippen molar-refractivity contribution >= 4 is 34.9 Å². The minimum absolute atomic E-state index is 0.149. The van der Waals surface area contributed by atoms with Crippen LogP contribution in [0.1, 0.15) is 16.1 Å². The first-order valence-corrected chi connectivity index (χ1v) is 7.44. The van der Waals surface area contributed by atoms with Gasteiger partial charge in [-0.15, -0.1) is 0 Å². The monoisotopic (exact) mass is 347 g/mol. The number of halogens is 2. The summed E-state index contributed by atoms with van der Waals surface area (Å²) < 4.78 is 5.34. The van der Waals surface area contributed by atoms with Gasteiger partial charge in [0.25, 0.3) is 5.91 Å². The molecule has 0 aliphatic heterocycles. The summed E-state index contributed by atoms with van der Waals surface area (Å²) in [6.07, 6.45) is 2.89. The van der Waals surface area contributed by atoms with Gasteiger partial charge >= 0.3 is 0 Å². The van der Waals surface area contributed by atoms with E-state index in [4.69, 9.17) is 27.6 Å². The molecule has 116 valence electrons. The number of carbonyl (C=O) groups excluding carboxylic acids is 1. The third kappa shape index (κ3) is 3.36. The highest BCUT2D eigenvalue weighted by Crippen LogP contribution is 2.28. The van der Waals surface area contributed by atoms with Gasteiger partial charge in [0.05, 0.1) is 10.0 Å². The van der Waals surface area contributed by atoms with E-state index in [-0.39, 0.29) is 11.6 Å². The van der Waals surface area contributed by atoms with Crippen LogP contribution in [0.4, 0.5) is 5.82 Å². The third-order valence-electron chi connectivity index (χ3n) is 3.14. The van der Waals surface area contributed by atoms with Crippen LogP contribution >= 0.6 is 23.2 Å². The summed E-state index contributed by atoms with van der Waals surface area (Å²) in [5.74, 6) is 0.366. The number of oxazole rings is 1. The van der Waals surface area contributed by atoms with Crippen LogP contribution in [0, 0.1) is 6.92 Å². The van der Waals surface area contributed by atoms with E-state index < -0.39 is 5.91 Å². The lowest BCUT2D eigenvalue weighted by atomic mass is 10.2. The topological polar surface area (TPSA) is 68.0 Å². The Morgan fingerprint density at radius 3 is 2.78 bits per heavy atom. The highest BCUT2D eigenvalue weighted by molar-refractivity contribution is 6.42. The predicted molar refractivity (Wildman–Crippen MR) is 88.9 cm³/mol. The van der Waals surface area contributed by atoms with E-state index in [0.29, 0.717) is 21.4 Å². The van der Waals surface area contributed by atoms with Gasteiger partial charge in [0, 0.05) is 11.8 Å². The van der Waals surface area contributed by atoms with E-state index in [0.717, 1.165) is 5.56 Å². The van der Waals surface area contributed by atoms with E-state index in [2.05, 4.69) is 15.3 Å². The molecule has 0 atom stereocenters. The number of rotatable bonds is 3. The van der Waals surface area contributed by atoms with E-state index in [9.17, 15) is 4.79 Å². The predicted octanol–water partition coefficient (Wildman–Crippen LogP) is 4.60. The van der Waals surface area contributed by atoms with Crippen molar-refractivity contribution in [1.29, 1.82) is 0 Å². The van der Waals surface area contributed by atoms with Crippen LogP contribution in [0.25, 0.3) is 11.5 Å². The van der Waals surface area contributed by atoms with Crippen LogP contribution in [-0.4, -0.2) is 15.9 Å². The first kappa shape index (κ1) is 15.5. The van der Waals surface area contributed by atoms with Crippen LogP contribution in [0.5, 0.6) is 0 Å². The maximum Gasteiger partial charge on any atom is 0.278 e. The van der Waals surface area contributed by atoms with Crippen LogP contribution in [0.2, 0.25) is 10.0 Å². The fourth-order valence-electron chi connectivity index (χ4n) is 1.93. The molecule has 2 aromatic heterocycles. The number of hydrogen-bond acceptors (Lipinski definition) is 4. The van der Waals surface area contributed by atoms with Crippen molar-refractivity contribution in [3.63, 3.8) is 0 Å². The molecule has 0 saturated carbocycles. The molecule has 1 N–H and O–H groups in total. The number of amides is 1. The zero-order valence-electron chi connectivity index (χ0n) is 12.0. The molecular weight excluding hydrogens is 337 g/mol. The second kappa shape index (κ2) is 6.40. The number of pyridine rings is 1. The Bertz CT molecular complexity index is 877. The molecule has 1 aromatic carbocycles. The van der Waals surface area contributed by atoms with E-state index in [1.54, 1.807) is 30.5 Å². The molecule has 0 fully saturated rings. The second-order valence-corrected chi connectivity index (χ2v) is 5.60. The maximum absolute atomic E-state index is 12.2. The van der Waals surface area contributed by atoms with Gasteiger partial charge in [-0.05, 0) is 36.8 Å². The molecule has 3 aromatic rings. The minimum Gasteiger partial charge on any atom is -0.444 e. The summed E-state index contributed by atoms with van der Waals surface area (Å²) in [6.45, 7) is 1.85. The first-order valence-electron chi connectivity index (χ1n) is 6.68. The number of nitrogens with one attached hydrogen (secondary N) is 1. The maximum atomic E-state index is 12.2. The fourth-order valence-corrected chi connectivity index (χ4v) is 2.23. The Hall–Kier alpha value is -2.37. The molecular formula is C16H11Cl2N3O2. The lowest BCUT2D eigenvalue weighted by Gasteiger charge is -2.04. The molecule has 1 amide bonds. The van der Waals surface area contributed by atoms with E-state index in [1.165, 1.54) is 6.26 Å². The smallest absolute Gasteiger partial charge is 0.278 e. The first-order chi connectivity index (χ1) is 11.0. The highest BCUT2D eigenvalue weighted by Gasteiger charge is 2.15. The second-order valence-electron chi connectivity index (χ2n) is 4.79. The van der Waals surface area contributed by atoms with Crippen molar-refractivity contribution in [3.05, 3.63) is 64.1 Å². The fraction of sp³-hybridized carbons (Fsp3) is 0.0625. The molecule has 0 radical (unpaired) electrons. The Labute approximate surface area is 142 Å². The number of nitrogens with zero attached hydrogens (tertiary/aromatic N) is 2. The Kier molecular flexibility index (Phi) is 4.32. The van der Waals surface area contributed by atoms with Crippen molar-refractivity contribution in [2.45, 2.75) is 6.92 Å². The largest absolute Gasteiger partial charge is 0.444 e. The van der Waals surface area contributed by atoms with Crippen molar-refractivity contribution in [3.8, 4) is 11.5 Å². The lowest BCUT2D eigenvalue weighted by Crippen LogP contribution is -2.14. The number of carbonyl (C=O) groups is 1. The average Bonchev–Trinajstić information content (AvgIpc) is 3.02. The molecule has 0 spiro atoms. The van der Waals surface area contributed by atoms with Crippen LogP contribution < -0.4 is 5.32 Å². The Morgan fingerprint density at radius 1 is 1.22 bits per heavy atom. The number of anilines is 1. The zero-order valence-corrected chi connectivity index (χ0v) is 13.5. The SMILES string of the molecule is Cc1cccnc1NC(=O)c1coc(-c2ccc(Cl)c(Cl)c2)n1. The van der Waals surface area contributed by atoms with Gasteiger partial charge in [0.15, 0.2) is 5.69 Å². The Morgan fingerprint density at radius 2 is 2.04 bits per heavy atom. The molecule has 0 unspecified atom stereocenters.